The normalized spacial score (nSPS) is 12.5. The van der Waals surface area contributed by atoms with Gasteiger partial charge in [0.25, 0.3) is 0 Å². The van der Waals surface area contributed by atoms with Gasteiger partial charge in [-0.15, -0.1) is 0 Å². The number of hydrogen-bond acceptors (Lipinski definition) is 1. The van der Waals surface area contributed by atoms with Crippen molar-refractivity contribution in [2.45, 2.75) is 58.2 Å². The molecule has 0 aliphatic heterocycles. The second-order valence-electron chi connectivity index (χ2n) is 4.35. The largest absolute Gasteiger partial charge is 0.431 e. The van der Waals surface area contributed by atoms with Crippen LogP contribution < -0.4 is 0 Å². The van der Waals surface area contributed by atoms with Gasteiger partial charge in [0.15, 0.2) is 8.32 Å². The Hall–Kier alpha value is 1.05. The molecule has 0 aliphatic rings. The van der Waals surface area contributed by atoms with Gasteiger partial charge in [0, 0.05) is 25.8 Å². The van der Waals surface area contributed by atoms with E-state index in [4.69, 9.17) is 0 Å². The maximum absolute atomic E-state index is 10.4. The minimum Gasteiger partial charge on any atom is -0.431 e. The Balaban J connectivity index is 0. The predicted molar refractivity (Wildman–Crippen MR) is 53.3 cm³/mol. The van der Waals surface area contributed by atoms with Crippen LogP contribution in [-0.4, -0.2) is 13.1 Å². The summed E-state index contributed by atoms with van der Waals surface area (Å²) in [6.07, 6.45) is 0. The molecule has 0 amide bonds. The van der Waals surface area contributed by atoms with Crippen molar-refractivity contribution >= 4 is 8.32 Å². The van der Waals surface area contributed by atoms with Crippen molar-refractivity contribution in [1.82, 2.24) is 0 Å². The van der Waals surface area contributed by atoms with Crippen LogP contribution in [-0.2, 0) is 25.8 Å². The van der Waals surface area contributed by atoms with Gasteiger partial charge in [0.2, 0.25) is 0 Å². The molecular weight excluding hydrogens is 331 g/mol. The SMILES string of the molecule is CC(C)[Si](O)(C(C)C)C(C)C.[Hf]. The molecule has 0 spiro atoms. The molecule has 0 rings (SSSR count). The summed E-state index contributed by atoms with van der Waals surface area (Å²) in [5.41, 5.74) is 1.42. The smallest absolute Gasteiger partial charge is 0.196 e. The van der Waals surface area contributed by atoms with Crippen LogP contribution in [0.5, 0.6) is 0 Å². The molecule has 0 fully saturated rings. The average molecular weight is 353 g/mol. The van der Waals surface area contributed by atoms with E-state index in [1.54, 1.807) is 0 Å². The summed E-state index contributed by atoms with van der Waals surface area (Å²) in [7, 11) is -1.98. The molecule has 1 N–H and O–H groups in total. The van der Waals surface area contributed by atoms with Crippen LogP contribution in [0.3, 0.4) is 0 Å². The molecule has 0 unspecified atom stereocenters. The van der Waals surface area contributed by atoms with Gasteiger partial charge >= 0.3 is 0 Å². The van der Waals surface area contributed by atoms with Gasteiger partial charge in [-0.2, -0.15) is 0 Å². The summed E-state index contributed by atoms with van der Waals surface area (Å²) in [5.74, 6) is 0. The Morgan fingerprint density at radius 2 is 0.917 bits per heavy atom. The zero-order valence-corrected chi connectivity index (χ0v) is 13.8. The molecule has 0 aliphatic carbocycles. The average Bonchev–Trinajstić information content (AvgIpc) is 1.84. The topological polar surface area (TPSA) is 20.2 Å². The van der Waals surface area contributed by atoms with E-state index in [0.717, 1.165) is 0 Å². The third-order valence-corrected chi connectivity index (χ3v) is 8.32. The monoisotopic (exact) mass is 354 g/mol. The van der Waals surface area contributed by atoms with Crippen molar-refractivity contribution in [1.29, 1.82) is 0 Å². The van der Waals surface area contributed by atoms with Crippen molar-refractivity contribution in [3.8, 4) is 0 Å². The molecule has 0 aromatic rings. The van der Waals surface area contributed by atoms with E-state index in [2.05, 4.69) is 41.5 Å². The van der Waals surface area contributed by atoms with Crippen LogP contribution in [0.4, 0.5) is 0 Å². The van der Waals surface area contributed by atoms with Gasteiger partial charge in [-0.1, -0.05) is 41.5 Å². The van der Waals surface area contributed by atoms with E-state index in [9.17, 15) is 4.80 Å². The molecule has 72 valence electrons. The molecular formula is C9H22HfOSi. The van der Waals surface area contributed by atoms with E-state index in [1.807, 2.05) is 0 Å². The summed E-state index contributed by atoms with van der Waals surface area (Å²) < 4.78 is 0. The van der Waals surface area contributed by atoms with Crippen LogP contribution in [0, 0.1) is 0 Å². The predicted octanol–water partition coefficient (Wildman–Crippen LogP) is 3.15. The van der Waals surface area contributed by atoms with Crippen LogP contribution in [0.25, 0.3) is 0 Å². The molecule has 12 heavy (non-hydrogen) atoms. The van der Waals surface area contributed by atoms with Gasteiger partial charge in [0.1, 0.15) is 0 Å². The van der Waals surface area contributed by atoms with Gasteiger partial charge in [0.05, 0.1) is 0 Å². The first-order valence-corrected chi connectivity index (χ1v) is 6.73. The molecule has 0 atom stereocenters. The standard InChI is InChI=1S/C9H22OSi.Hf/c1-7(2)11(10,8(3)4)9(5)6;/h7-10H,1-6H3;. The zero-order chi connectivity index (χ0) is 9.23. The van der Waals surface area contributed by atoms with E-state index in [0.29, 0.717) is 16.6 Å². The first-order valence-electron chi connectivity index (χ1n) is 4.55. The minimum atomic E-state index is -1.98. The van der Waals surface area contributed by atoms with Crippen molar-refractivity contribution in [2.75, 3.05) is 0 Å². The second-order valence-corrected chi connectivity index (χ2v) is 9.59. The summed E-state index contributed by atoms with van der Waals surface area (Å²) in [6, 6.07) is 0. The fourth-order valence-electron chi connectivity index (χ4n) is 2.00. The van der Waals surface area contributed by atoms with E-state index < -0.39 is 8.32 Å². The quantitative estimate of drug-likeness (QED) is 0.774. The first-order chi connectivity index (χ1) is 4.83. The Morgan fingerprint density at radius 3 is 0.917 bits per heavy atom. The molecule has 0 aromatic heterocycles. The molecule has 0 aromatic carbocycles. The fourth-order valence-corrected chi connectivity index (χ4v) is 6.00. The number of rotatable bonds is 3. The molecule has 0 heterocycles. The van der Waals surface area contributed by atoms with Gasteiger partial charge in [-0.3, -0.25) is 0 Å². The van der Waals surface area contributed by atoms with Crippen LogP contribution in [0.2, 0.25) is 16.6 Å². The third-order valence-electron chi connectivity index (χ3n) is 2.77. The molecule has 1 nitrogen and oxygen atoms in total. The second kappa shape index (κ2) is 5.71. The van der Waals surface area contributed by atoms with E-state index in [-0.39, 0.29) is 25.8 Å². The van der Waals surface area contributed by atoms with Gasteiger partial charge in [-0.05, 0) is 16.6 Å². The summed E-state index contributed by atoms with van der Waals surface area (Å²) in [6.45, 7) is 12.9. The molecule has 3 heteroatoms. The fraction of sp³-hybridized carbons (Fsp3) is 1.00. The Labute approximate surface area is 96.9 Å². The van der Waals surface area contributed by atoms with Crippen molar-refractivity contribution in [3.05, 3.63) is 0 Å². The summed E-state index contributed by atoms with van der Waals surface area (Å²) >= 11 is 0. The Kier molecular flexibility index (Phi) is 7.38. The van der Waals surface area contributed by atoms with Crippen molar-refractivity contribution in [2.24, 2.45) is 0 Å². The van der Waals surface area contributed by atoms with Crippen LogP contribution in [0.15, 0.2) is 0 Å². The molecule has 0 saturated heterocycles. The zero-order valence-electron chi connectivity index (χ0n) is 9.18. The first kappa shape index (κ1) is 15.5. The molecule has 0 bridgehead atoms. The Morgan fingerprint density at radius 1 is 0.750 bits per heavy atom. The van der Waals surface area contributed by atoms with Crippen molar-refractivity contribution in [3.63, 3.8) is 0 Å². The molecule has 0 saturated carbocycles. The minimum absolute atomic E-state index is 0. The third kappa shape index (κ3) is 3.07. The van der Waals surface area contributed by atoms with Crippen LogP contribution in [0.1, 0.15) is 41.5 Å². The van der Waals surface area contributed by atoms with Gasteiger partial charge in [-0.25, -0.2) is 0 Å². The summed E-state index contributed by atoms with van der Waals surface area (Å²) in [5, 5.41) is 0. The van der Waals surface area contributed by atoms with Crippen LogP contribution >= 0.6 is 0 Å². The Bertz CT molecular complexity index is 102. The van der Waals surface area contributed by atoms with E-state index >= 15 is 0 Å². The molecule has 0 radical (unpaired) electrons. The number of hydrogen-bond donors (Lipinski definition) is 1. The maximum atomic E-state index is 10.4. The van der Waals surface area contributed by atoms with Crippen molar-refractivity contribution < 1.29 is 30.6 Å². The summed E-state index contributed by atoms with van der Waals surface area (Å²) in [4.78, 5) is 10.4. The van der Waals surface area contributed by atoms with Gasteiger partial charge < -0.3 is 4.80 Å². The maximum Gasteiger partial charge on any atom is 0.196 e. The van der Waals surface area contributed by atoms with E-state index in [1.165, 1.54) is 0 Å².